The second kappa shape index (κ2) is 6.06. The van der Waals surface area contributed by atoms with Gasteiger partial charge in [0.05, 0.1) is 22.9 Å². The maximum atomic E-state index is 13.6. The Bertz CT molecular complexity index is 807. The SMILES string of the molecule is CCS(=O)(=O)c1ccc(Oc2cc([N+](N)=O)ccc2F)cn1. The van der Waals surface area contributed by atoms with Gasteiger partial charge in [0.2, 0.25) is 0 Å². The zero-order valence-electron chi connectivity index (χ0n) is 11.6. The Morgan fingerprint density at radius 3 is 2.59 bits per heavy atom. The summed E-state index contributed by atoms with van der Waals surface area (Å²) in [4.78, 5) is 14.8. The van der Waals surface area contributed by atoms with Crippen LogP contribution in [-0.2, 0) is 9.84 Å². The van der Waals surface area contributed by atoms with Crippen LogP contribution in [-0.4, -0.2) is 24.0 Å². The van der Waals surface area contributed by atoms with E-state index in [2.05, 4.69) is 4.98 Å². The largest absolute Gasteiger partial charge is 0.452 e. The maximum absolute atomic E-state index is 13.6. The van der Waals surface area contributed by atoms with Crippen molar-refractivity contribution >= 4 is 15.5 Å². The number of rotatable bonds is 5. The summed E-state index contributed by atoms with van der Waals surface area (Å²) in [6.07, 6.45) is 1.16. The van der Waals surface area contributed by atoms with Crippen LogP contribution in [0.3, 0.4) is 0 Å². The van der Waals surface area contributed by atoms with E-state index in [4.69, 9.17) is 10.6 Å². The third-order valence-electron chi connectivity index (χ3n) is 2.80. The average Bonchev–Trinajstić information content (AvgIpc) is 2.50. The molecule has 0 radical (unpaired) electrons. The van der Waals surface area contributed by atoms with E-state index in [1.54, 1.807) is 0 Å². The molecule has 0 amide bonds. The zero-order valence-corrected chi connectivity index (χ0v) is 12.4. The number of hydrazine groups is 1. The minimum Gasteiger partial charge on any atom is -0.452 e. The molecule has 22 heavy (non-hydrogen) atoms. The monoisotopic (exact) mass is 326 g/mol. The van der Waals surface area contributed by atoms with Gasteiger partial charge in [0, 0.05) is 6.07 Å². The fourth-order valence-electron chi connectivity index (χ4n) is 1.59. The molecule has 0 saturated heterocycles. The van der Waals surface area contributed by atoms with E-state index in [0.29, 0.717) is 0 Å². The van der Waals surface area contributed by atoms with Crippen LogP contribution in [0.25, 0.3) is 0 Å². The van der Waals surface area contributed by atoms with Crippen LogP contribution in [0.4, 0.5) is 10.1 Å². The van der Waals surface area contributed by atoms with Gasteiger partial charge in [0.1, 0.15) is 5.75 Å². The van der Waals surface area contributed by atoms with Crippen molar-refractivity contribution in [3.63, 3.8) is 0 Å². The van der Waals surface area contributed by atoms with Gasteiger partial charge in [-0.1, -0.05) is 6.92 Å². The van der Waals surface area contributed by atoms with Gasteiger partial charge >= 0.3 is 0 Å². The van der Waals surface area contributed by atoms with E-state index in [1.807, 2.05) is 0 Å². The molecule has 9 heteroatoms. The number of halogens is 1. The molecule has 0 aliphatic heterocycles. The van der Waals surface area contributed by atoms with Crippen LogP contribution in [0.5, 0.6) is 11.5 Å². The Balaban J connectivity index is 2.28. The van der Waals surface area contributed by atoms with E-state index >= 15 is 0 Å². The van der Waals surface area contributed by atoms with E-state index in [1.165, 1.54) is 25.1 Å². The van der Waals surface area contributed by atoms with Crippen molar-refractivity contribution in [3.8, 4) is 11.5 Å². The molecule has 0 aliphatic rings. The van der Waals surface area contributed by atoms with Gasteiger partial charge in [-0.25, -0.2) is 17.8 Å². The van der Waals surface area contributed by atoms with E-state index in [0.717, 1.165) is 18.3 Å². The first kappa shape index (κ1) is 15.8. The number of hydrogen-bond donors (Lipinski definition) is 1. The fraction of sp³-hybridized carbons (Fsp3) is 0.154. The van der Waals surface area contributed by atoms with Crippen molar-refractivity contribution in [3.05, 3.63) is 47.3 Å². The average molecular weight is 326 g/mol. The highest BCUT2D eigenvalue weighted by atomic mass is 32.2. The molecule has 0 atom stereocenters. The molecule has 0 saturated carbocycles. The standard InChI is InChI=1S/C13H13FN3O4S/c1-2-22(19,20)13-6-4-10(8-16-13)21-12-7-9(17(15)18)3-5-11(12)14/h3-8H,2H2,1H3,(H2,15,18)/q+1. The third-order valence-corrected chi connectivity index (χ3v) is 4.44. The van der Waals surface area contributed by atoms with Gasteiger partial charge in [-0.2, -0.15) is 5.84 Å². The second-order valence-corrected chi connectivity index (χ2v) is 6.50. The molecule has 7 nitrogen and oxygen atoms in total. The lowest BCUT2D eigenvalue weighted by Gasteiger charge is -2.06. The Labute approximate surface area is 126 Å². The van der Waals surface area contributed by atoms with Crippen molar-refractivity contribution in [1.82, 2.24) is 4.98 Å². The lowest BCUT2D eigenvalue weighted by Crippen LogP contribution is -2.09. The highest BCUT2D eigenvalue weighted by Crippen LogP contribution is 2.27. The molecular weight excluding hydrogens is 313 g/mol. The van der Waals surface area contributed by atoms with Crippen molar-refractivity contribution in [2.75, 3.05) is 5.75 Å². The fourth-order valence-corrected chi connectivity index (χ4v) is 2.38. The zero-order chi connectivity index (χ0) is 16.3. The minimum atomic E-state index is -3.42. The molecule has 0 unspecified atom stereocenters. The predicted octanol–water partition coefficient (Wildman–Crippen LogP) is 2.09. The Morgan fingerprint density at radius 2 is 2.05 bits per heavy atom. The molecule has 0 bridgehead atoms. The van der Waals surface area contributed by atoms with E-state index < -0.39 is 15.7 Å². The Hall–Kier alpha value is -2.55. The van der Waals surface area contributed by atoms with Gasteiger partial charge in [0.15, 0.2) is 31.3 Å². The number of nitrogens with two attached hydrogens (primary N) is 1. The van der Waals surface area contributed by atoms with Gasteiger partial charge in [0.25, 0.3) is 5.69 Å². The van der Waals surface area contributed by atoms with Gasteiger partial charge < -0.3 is 4.74 Å². The molecular formula is C13H13FN3O4S+. The lowest BCUT2D eigenvalue weighted by molar-refractivity contribution is -0.474. The summed E-state index contributed by atoms with van der Waals surface area (Å²) < 4.78 is 42.1. The number of ether oxygens (including phenoxy) is 1. The summed E-state index contributed by atoms with van der Waals surface area (Å²) in [5.74, 6) is 4.16. The first-order valence-corrected chi connectivity index (χ1v) is 7.87. The summed E-state index contributed by atoms with van der Waals surface area (Å²) in [5.41, 5.74) is 0.00883. The first-order valence-electron chi connectivity index (χ1n) is 6.21. The number of sulfone groups is 1. The number of benzene rings is 1. The first-order chi connectivity index (χ1) is 10.3. The number of nitrogens with zero attached hydrogens (tertiary/aromatic N) is 2. The molecule has 1 heterocycles. The number of hydrogen-bond acceptors (Lipinski definition) is 5. The van der Waals surface area contributed by atoms with E-state index in [9.17, 15) is 17.7 Å². The van der Waals surface area contributed by atoms with Gasteiger partial charge in [-0.15, -0.1) is 0 Å². The smallest absolute Gasteiger partial charge is 0.295 e. The van der Waals surface area contributed by atoms with Gasteiger partial charge in [-0.3, -0.25) is 0 Å². The molecule has 2 N–H and O–H groups in total. The second-order valence-electron chi connectivity index (χ2n) is 4.28. The maximum Gasteiger partial charge on any atom is 0.295 e. The molecule has 0 fully saturated rings. The quantitative estimate of drug-likeness (QED) is 0.513. The minimum absolute atomic E-state index is 0.00883. The predicted molar refractivity (Wildman–Crippen MR) is 75.9 cm³/mol. The number of pyridine rings is 1. The Morgan fingerprint density at radius 1 is 1.32 bits per heavy atom. The normalized spacial score (nSPS) is 11.2. The summed E-state index contributed by atoms with van der Waals surface area (Å²) in [5, 5.41) is -0.0933. The van der Waals surface area contributed by atoms with Crippen LogP contribution < -0.4 is 10.6 Å². The van der Waals surface area contributed by atoms with Crippen LogP contribution in [0, 0.1) is 10.7 Å². The molecule has 2 rings (SSSR count). The summed E-state index contributed by atoms with van der Waals surface area (Å²) >= 11 is 0. The summed E-state index contributed by atoms with van der Waals surface area (Å²) in [6, 6.07) is 5.97. The molecule has 1 aromatic carbocycles. The molecule has 116 valence electrons. The van der Waals surface area contributed by atoms with Crippen molar-refractivity contribution in [1.29, 1.82) is 0 Å². The highest BCUT2D eigenvalue weighted by Gasteiger charge is 2.16. The molecule has 0 aliphatic carbocycles. The lowest BCUT2D eigenvalue weighted by atomic mass is 10.3. The topological polar surface area (TPSA) is 102 Å². The van der Waals surface area contributed by atoms with Crippen molar-refractivity contribution < 1.29 is 22.4 Å². The van der Waals surface area contributed by atoms with Gasteiger partial charge in [-0.05, 0) is 18.2 Å². The number of aromatic nitrogens is 1. The molecule has 0 spiro atoms. The van der Waals surface area contributed by atoms with Crippen molar-refractivity contribution in [2.24, 2.45) is 5.84 Å². The molecule has 2 aromatic rings. The molecule has 1 aromatic heterocycles. The summed E-state index contributed by atoms with van der Waals surface area (Å²) in [6.45, 7) is 1.50. The van der Waals surface area contributed by atoms with Crippen LogP contribution in [0.2, 0.25) is 0 Å². The highest BCUT2D eigenvalue weighted by molar-refractivity contribution is 7.91. The Kier molecular flexibility index (Phi) is 4.36. The number of nitroso groups, excluding NO2 is 1. The van der Waals surface area contributed by atoms with Crippen LogP contribution in [0.15, 0.2) is 41.6 Å². The third kappa shape index (κ3) is 3.37. The van der Waals surface area contributed by atoms with E-state index in [-0.39, 0.29) is 32.8 Å². The van der Waals surface area contributed by atoms with Crippen molar-refractivity contribution in [2.45, 2.75) is 11.9 Å². The van der Waals surface area contributed by atoms with Crippen LogP contribution in [0.1, 0.15) is 6.92 Å². The summed E-state index contributed by atoms with van der Waals surface area (Å²) in [7, 11) is -3.42. The van der Waals surface area contributed by atoms with Crippen LogP contribution >= 0.6 is 0 Å².